The van der Waals surface area contributed by atoms with E-state index in [4.69, 9.17) is 4.74 Å². The van der Waals surface area contributed by atoms with Gasteiger partial charge in [-0.05, 0) is 48.9 Å². The van der Waals surface area contributed by atoms with Crippen molar-refractivity contribution in [1.29, 1.82) is 0 Å². The lowest BCUT2D eigenvalue weighted by Gasteiger charge is -2.08. The zero-order valence-corrected chi connectivity index (χ0v) is 14.2. The van der Waals surface area contributed by atoms with Crippen molar-refractivity contribution in [2.24, 2.45) is 0 Å². The molecule has 3 rings (SSSR count). The van der Waals surface area contributed by atoms with E-state index in [1.165, 1.54) is 6.20 Å². The van der Waals surface area contributed by atoms with Crippen LogP contribution in [0, 0.1) is 0 Å². The first kappa shape index (κ1) is 17.3. The standard InChI is InChI=1S/C18H18N6O2/c1-2-26-17(25)14-3-5-15(6-4-14)22-16-12-21-24-18(23-16)20-11-13-7-9-19-10-8-13/h3-10,12H,2,11H2,1H3,(H2,20,22,23,24). The van der Waals surface area contributed by atoms with Gasteiger partial charge in [0, 0.05) is 24.6 Å². The van der Waals surface area contributed by atoms with E-state index < -0.39 is 0 Å². The molecule has 0 amide bonds. The monoisotopic (exact) mass is 350 g/mol. The number of hydrogen-bond donors (Lipinski definition) is 2. The Morgan fingerprint density at radius 2 is 1.88 bits per heavy atom. The minimum atomic E-state index is -0.342. The van der Waals surface area contributed by atoms with Crippen molar-refractivity contribution in [3.8, 4) is 0 Å². The molecule has 0 fully saturated rings. The van der Waals surface area contributed by atoms with Crippen LogP contribution >= 0.6 is 0 Å². The second-order valence-electron chi connectivity index (χ2n) is 5.30. The van der Waals surface area contributed by atoms with Crippen LogP contribution in [0.2, 0.25) is 0 Å². The predicted molar refractivity (Wildman–Crippen MR) is 97.1 cm³/mol. The molecule has 0 aliphatic rings. The molecule has 3 aromatic rings. The molecular formula is C18H18N6O2. The highest BCUT2D eigenvalue weighted by atomic mass is 16.5. The lowest BCUT2D eigenvalue weighted by atomic mass is 10.2. The summed E-state index contributed by atoms with van der Waals surface area (Å²) in [6, 6.07) is 10.8. The van der Waals surface area contributed by atoms with E-state index in [2.05, 4.69) is 30.8 Å². The third kappa shape index (κ3) is 4.73. The average molecular weight is 350 g/mol. The van der Waals surface area contributed by atoms with Gasteiger partial charge in [0.2, 0.25) is 5.95 Å². The van der Waals surface area contributed by atoms with Crippen molar-refractivity contribution in [3.05, 3.63) is 66.1 Å². The largest absolute Gasteiger partial charge is 0.462 e. The van der Waals surface area contributed by atoms with Crippen molar-refractivity contribution >= 4 is 23.4 Å². The number of rotatable bonds is 7. The van der Waals surface area contributed by atoms with Crippen LogP contribution in [-0.4, -0.2) is 32.7 Å². The molecule has 26 heavy (non-hydrogen) atoms. The van der Waals surface area contributed by atoms with E-state index in [-0.39, 0.29) is 5.97 Å². The molecule has 2 aromatic heterocycles. The Hall–Kier alpha value is -3.55. The Kier molecular flexibility index (Phi) is 5.66. The van der Waals surface area contributed by atoms with Gasteiger partial charge in [-0.25, -0.2) is 4.79 Å². The van der Waals surface area contributed by atoms with Gasteiger partial charge < -0.3 is 15.4 Å². The number of aromatic nitrogens is 4. The van der Waals surface area contributed by atoms with Crippen LogP contribution < -0.4 is 10.6 Å². The second kappa shape index (κ2) is 8.52. The minimum Gasteiger partial charge on any atom is -0.462 e. The smallest absolute Gasteiger partial charge is 0.338 e. The second-order valence-corrected chi connectivity index (χ2v) is 5.30. The third-order valence-electron chi connectivity index (χ3n) is 3.43. The average Bonchev–Trinajstić information content (AvgIpc) is 2.68. The maximum absolute atomic E-state index is 11.7. The number of carbonyl (C=O) groups is 1. The van der Waals surface area contributed by atoms with E-state index >= 15 is 0 Å². The van der Waals surface area contributed by atoms with Gasteiger partial charge in [-0.2, -0.15) is 10.1 Å². The molecule has 8 heteroatoms. The van der Waals surface area contributed by atoms with Gasteiger partial charge in [0.15, 0.2) is 5.82 Å². The van der Waals surface area contributed by atoms with Crippen molar-refractivity contribution in [2.45, 2.75) is 13.5 Å². The van der Waals surface area contributed by atoms with E-state index in [1.54, 1.807) is 43.6 Å². The molecule has 0 radical (unpaired) electrons. The number of pyridine rings is 1. The summed E-state index contributed by atoms with van der Waals surface area (Å²) in [5, 5.41) is 14.1. The van der Waals surface area contributed by atoms with E-state index in [9.17, 15) is 4.79 Å². The number of carbonyl (C=O) groups excluding carboxylic acids is 1. The molecule has 2 N–H and O–H groups in total. The maximum Gasteiger partial charge on any atom is 0.338 e. The summed E-state index contributed by atoms with van der Waals surface area (Å²) in [4.78, 5) is 20.0. The Balaban J connectivity index is 1.62. The first-order valence-electron chi connectivity index (χ1n) is 8.11. The van der Waals surface area contributed by atoms with Crippen LogP contribution in [0.25, 0.3) is 0 Å². The molecule has 132 valence electrons. The zero-order chi connectivity index (χ0) is 18.2. The number of nitrogens with zero attached hydrogens (tertiary/aromatic N) is 4. The summed E-state index contributed by atoms with van der Waals surface area (Å²) < 4.78 is 4.96. The number of esters is 1. The van der Waals surface area contributed by atoms with Gasteiger partial charge in [-0.1, -0.05) is 0 Å². The van der Waals surface area contributed by atoms with Crippen LogP contribution in [0.4, 0.5) is 17.5 Å². The van der Waals surface area contributed by atoms with Crippen LogP contribution in [0.5, 0.6) is 0 Å². The summed E-state index contributed by atoms with van der Waals surface area (Å²) >= 11 is 0. The summed E-state index contributed by atoms with van der Waals surface area (Å²) in [5.74, 6) is 0.612. The van der Waals surface area contributed by atoms with Crippen molar-refractivity contribution < 1.29 is 9.53 Å². The van der Waals surface area contributed by atoms with Gasteiger partial charge in [-0.15, -0.1) is 5.10 Å². The fourth-order valence-corrected chi connectivity index (χ4v) is 2.17. The van der Waals surface area contributed by atoms with Crippen molar-refractivity contribution in [2.75, 3.05) is 17.2 Å². The first-order valence-corrected chi connectivity index (χ1v) is 8.11. The Morgan fingerprint density at radius 3 is 2.62 bits per heavy atom. The Morgan fingerprint density at radius 1 is 1.12 bits per heavy atom. The van der Waals surface area contributed by atoms with Crippen LogP contribution in [0.3, 0.4) is 0 Å². The summed E-state index contributed by atoms with van der Waals surface area (Å²) in [7, 11) is 0. The topological polar surface area (TPSA) is 102 Å². The molecule has 1 aromatic carbocycles. The van der Waals surface area contributed by atoms with Gasteiger partial charge in [0.1, 0.15) is 0 Å². The lowest BCUT2D eigenvalue weighted by molar-refractivity contribution is 0.0526. The molecule has 0 saturated heterocycles. The fourth-order valence-electron chi connectivity index (χ4n) is 2.17. The number of anilines is 3. The van der Waals surface area contributed by atoms with E-state index in [1.807, 2.05) is 12.1 Å². The number of nitrogens with one attached hydrogen (secondary N) is 2. The van der Waals surface area contributed by atoms with Gasteiger partial charge in [0.25, 0.3) is 0 Å². The van der Waals surface area contributed by atoms with Crippen molar-refractivity contribution in [1.82, 2.24) is 20.2 Å². The highest BCUT2D eigenvalue weighted by molar-refractivity contribution is 5.89. The summed E-state index contributed by atoms with van der Waals surface area (Å²) in [6.07, 6.45) is 4.99. The summed E-state index contributed by atoms with van der Waals surface area (Å²) in [6.45, 7) is 2.69. The molecule has 0 aliphatic carbocycles. The molecule has 0 spiro atoms. The van der Waals surface area contributed by atoms with Gasteiger partial charge in [-0.3, -0.25) is 4.98 Å². The SMILES string of the molecule is CCOC(=O)c1ccc(Nc2cnnc(NCc3ccncc3)n2)cc1. The fraction of sp³-hybridized carbons (Fsp3) is 0.167. The quantitative estimate of drug-likeness (QED) is 0.627. The van der Waals surface area contributed by atoms with E-state index in [0.717, 1.165) is 11.3 Å². The molecule has 0 saturated carbocycles. The van der Waals surface area contributed by atoms with Crippen molar-refractivity contribution in [3.63, 3.8) is 0 Å². The number of hydrogen-bond acceptors (Lipinski definition) is 8. The third-order valence-corrected chi connectivity index (χ3v) is 3.43. The molecule has 8 nitrogen and oxygen atoms in total. The molecular weight excluding hydrogens is 332 g/mol. The Bertz CT molecular complexity index is 855. The predicted octanol–water partition coefficient (Wildman–Crippen LogP) is 2.80. The summed E-state index contributed by atoms with van der Waals surface area (Å²) in [5.41, 5.74) is 2.34. The molecule has 0 aliphatic heterocycles. The first-order chi connectivity index (χ1) is 12.7. The molecule has 0 bridgehead atoms. The minimum absolute atomic E-state index is 0.342. The maximum atomic E-state index is 11.7. The zero-order valence-electron chi connectivity index (χ0n) is 14.2. The Labute approximate surface area is 150 Å². The van der Waals surface area contributed by atoms with Crippen LogP contribution in [-0.2, 0) is 11.3 Å². The highest BCUT2D eigenvalue weighted by Gasteiger charge is 2.06. The highest BCUT2D eigenvalue weighted by Crippen LogP contribution is 2.16. The molecule has 0 atom stereocenters. The van der Waals surface area contributed by atoms with Crippen LogP contribution in [0.15, 0.2) is 55.0 Å². The van der Waals surface area contributed by atoms with Crippen LogP contribution in [0.1, 0.15) is 22.8 Å². The van der Waals surface area contributed by atoms with Gasteiger partial charge in [0.05, 0.1) is 18.4 Å². The molecule has 2 heterocycles. The number of benzene rings is 1. The number of ether oxygens (including phenoxy) is 1. The lowest BCUT2D eigenvalue weighted by Crippen LogP contribution is -2.07. The molecule has 0 unspecified atom stereocenters. The van der Waals surface area contributed by atoms with E-state index in [0.29, 0.717) is 30.5 Å². The normalized spacial score (nSPS) is 10.2. The van der Waals surface area contributed by atoms with Gasteiger partial charge >= 0.3 is 5.97 Å².